The van der Waals surface area contributed by atoms with Crippen LogP contribution >= 0.6 is 0 Å². The minimum absolute atomic E-state index is 0.343. The average molecular weight is 258 g/mol. The Hall–Kier alpha value is -2.43. The van der Waals surface area contributed by atoms with Gasteiger partial charge in [0.25, 0.3) is 0 Å². The second-order valence-corrected chi connectivity index (χ2v) is 3.85. The molecule has 2 rings (SSSR count). The fourth-order valence-electron chi connectivity index (χ4n) is 1.48. The van der Waals surface area contributed by atoms with E-state index in [2.05, 4.69) is 9.97 Å². The topological polar surface area (TPSA) is 61.3 Å². The summed E-state index contributed by atoms with van der Waals surface area (Å²) in [5, 5.41) is 0. The number of aryl methyl sites for hydroxylation is 1. The van der Waals surface area contributed by atoms with Gasteiger partial charge in [0.15, 0.2) is 0 Å². The summed E-state index contributed by atoms with van der Waals surface area (Å²) in [5.74, 6) is 0.668. The first-order valence-corrected chi connectivity index (χ1v) is 5.92. The Morgan fingerprint density at radius 1 is 1.21 bits per heavy atom. The molecule has 1 aromatic heterocycles. The van der Waals surface area contributed by atoms with Gasteiger partial charge in [-0.3, -0.25) is 4.98 Å². The van der Waals surface area contributed by atoms with E-state index in [1.165, 1.54) is 6.20 Å². The summed E-state index contributed by atoms with van der Waals surface area (Å²) in [6.45, 7) is 3.96. The van der Waals surface area contributed by atoms with Crippen molar-refractivity contribution in [3.63, 3.8) is 0 Å². The van der Waals surface area contributed by atoms with Gasteiger partial charge in [-0.2, -0.15) is 0 Å². The number of rotatable bonds is 4. The number of hydrogen-bond donors (Lipinski definition) is 0. The molecule has 5 nitrogen and oxygen atoms in total. The second kappa shape index (κ2) is 5.95. The molecule has 0 spiro atoms. The van der Waals surface area contributed by atoms with Crippen LogP contribution < -0.4 is 4.74 Å². The zero-order chi connectivity index (χ0) is 13.7. The van der Waals surface area contributed by atoms with E-state index < -0.39 is 0 Å². The van der Waals surface area contributed by atoms with Crippen LogP contribution in [0.3, 0.4) is 0 Å². The van der Waals surface area contributed by atoms with Crippen molar-refractivity contribution in [3.05, 3.63) is 47.9 Å². The highest BCUT2D eigenvalue weighted by Crippen LogP contribution is 2.19. The highest BCUT2D eigenvalue weighted by atomic mass is 16.5. The van der Waals surface area contributed by atoms with Crippen LogP contribution in [-0.4, -0.2) is 22.5 Å². The van der Waals surface area contributed by atoms with Gasteiger partial charge in [0.1, 0.15) is 5.75 Å². The lowest BCUT2D eigenvalue weighted by Crippen LogP contribution is -2.04. The van der Waals surface area contributed by atoms with Crippen molar-refractivity contribution < 1.29 is 14.3 Å². The van der Waals surface area contributed by atoms with Gasteiger partial charge in [-0.25, -0.2) is 9.78 Å². The van der Waals surface area contributed by atoms with Crippen molar-refractivity contribution in [2.24, 2.45) is 0 Å². The molecular weight excluding hydrogens is 244 g/mol. The van der Waals surface area contributed by atoms with Crippen molar-refractivity contribution in [1.29, 1.82) is 0 Å². The van der Waals surface area contributed by atoms with Crippen molar-refractivity contribution in [2.45, 2.75) is 13.8 Å². The lowest BCUT2D eigenvalue weighted by atomic mass is 10.2. The van der Waals surface area contributed by atoms with Crippen LogP contribution in [0.25, 0.3) is 0 Å². The molecule has 0 atom stereocenters. The molecule has 0 bridgehead atoms. The largest absolute Gasteiger partial charge is 0.462 e. The summed E-state index contributed by atoms with van der Waals surface area (Å²) < 4.78 is 10.4. The third-order valence-electron chi connectivity index (χ3n) is 2.32. The highest BCUT2D eigenvalue weighted by molar-refractivity contribution is 5.89. The van der Waals surface area contributed by atoms with Gasteiger partial charge in [-0.05, 0) is 38.1 Å². The van der Waals surface area contributed by atoms with Gasteiger partial charge in [-0.1, -0.05) is 0 Å². The summed E-state index contributed by atoms with van der Waals surface area (Å²) in [4.78, 5) is 19.6. The maximum absolute atomic E-state index is 11.5. The van der Waals surface area contributed by atoms with Crippen molar-refractivity contribution >= 4 is 5.97 Å². The molecule has 0 aliphatic heterocycles. The molecule has 0 N–H and O–H groups in total. The number of aromatic nitrogens is 2. The van der Waals surface area contributed by atoms with Gasteiger partial charge < -0.3 is 9.47 Å². The number of nitrogens with zero attached hydrogens (tertiary/aromatic N) is 2. The molecule has 1 aromatic carbocycles. The minimum Gasteiger partial charge on any atom is -0.462 e. The Labute approximate surface area is 111 Å². The predicted molar refractivity (Wildman–Crippen MR) is 69.2 cm³/mol. The quantitative estimate of drug-likeness (QED) is 0.789. The van der Waals surface area contributed by atoms with E-state index in [1.54, 1.807) is 37.4 Å². The van der Waals surface area contributed by atoms with Crippen molar-refractivity contribution in [2.75, 3.05) is 6.61 Å². The number of carbonyl (C=O) groups excluding carboxylic acids is 1. The zero-order valence-electron chi connectivity index (χ0n) is 10.8. The predicted octanol–water partition coefficient (Wildman–Crippen LogP) is 2.75. The van der Waals surface area contributed by atoms with E-state index in [9.17, 15) is 4.79 Å². The van der Waals surface area contributed by atoms with Gasteiger partial charge >= 0.3 is 5.97 Å². The summed E-state index contributed by atoms with van der Waals surface area (Å²) in [5.41, 5.74) is 1.27. The molecule has 0 aliphatic carbocycles. The first-order chi connectivity index (χ1) is 9.19. The summed E-state index contributed by atoms with van der Waals surface area (Å²) in [6.07, 6.45) is 3.18. The van der Waals surface area contributed by atoms with E-state index in [-0.39, 0.29) is 5.97 Å². The second-order valence-electron chi connectivity index (χ2n) is 3.85. The van der Waals surface area contributed by atoms with Gasteiger partial charge in [0.05, 0.1) is 24.1 Å². The van der Waals surface area contributed by atoms with Crippen LogP contribution in [0.2, 0.25) is 0 Å². The summed E-state index contributed by atoms with van der Waals surface area (Å²) >= 11 is 0. The number of carbonyl (C=O) groups is 1. The van der Waals surface area contributed by atoms with E-state index in [0.29, 0.717) is 23.8 Å². The van der Waals surface area contributed by atoms with Crippen LogP contribution in [0, 0.1) is 6.92 Å². The molecule has 0 saturated carbocycles. The number of esters is 1. The smallest absolute Gasteiger partial charge is 0.338 e. The van der Waals surface area contributed by atoms with Crippen molar-refractivity contribution in [1.82, 2.24) is 9.97 Å². The first kappa shape index (κ1) is 13.0. The van der Waals surface area contributed by atoms with E-state index >= 15 is 0 Å². The molecular formula is C14H14N2O3. The molecule has 19 heavy (non-hydrogen) atoms. The Morgan fingerprint density at radius 2 is 1.95 bits per heavy atom. The van der Waals surface area contributed by atoms with E-state index in [1.807, 2.05) is 6.92 Å². The lowest BCUT2D eigenvalue weighted by molar-refractivity contribution is 0.0526. The molecule has 0 amide bonds. The number of ether oxygens (including phenoxy) is 2. The molecule has 2 aromatic rings. The maximum Gasteiger partial charge on any atom is 0.338 e. The third kappa shape index (κ3) is 3.51. The van der Waals surface area contributed by atoms with Crippen LogP contribution in [-0.2, 0) is 4.74 Å². The number of hydrogen-bond acceptors (Lipinski definition) is 5. The van der Waals surface area contributed by atoms with Crippen molar-refractivity contribution in [3.8, 4) is 11.6 Å². The summed E-state index contributed by atoms with van der Waals surface area (Å²) in [7, 11) is 0. The Morgan fingerprint density at radius 3 is 2.58 bits per heavy atom. The van der Waals surface area contributed by atoms with Crippen LogP contribution in [0.15, 0.2) is 36.7 Å². The Kier molecular flexibility index (Phi) is 4.07. The molecule has 0 unspecified atom stereocenters. The average Bonchev–Trinajstić information content (AvgIpc) is 2.40. The molecule has 1 heterocycles. The molecule has 5 heteroatoms. The minimum atomic E-state index is -0.343. The molecule has 0 fully saturated rings. The first-order valence-electron chi connectivity index (χ1n) is 5.92. The fourth-order valence-corrected chi connectivity index (χ4v) is 1.48. The van der Waals surface area contributed by atoms with Crippen LogP contribution in [0.1, 0.15) is 23.0 Å². The molecule has 0 radical (unpaired) electrons. The fraction of sp³-hybridized carbons (Fsp3) is 0.214. The monoisotopic (exact) mass is 258 g/mol. The van der Waals surface area contributed by atoms with Gasteiger partial charge in [0, 0.05) is 6.20 Å². The third-order valence-corrected chi connectivity index (χ3v) is 2.32. The maximum atomic E-state index is 11.5. The Balaban J connectivity index is 2.08. The van der Waals surface area contributed by atoms with Gasteiger partial charge in [-0.15, -0.1) is 0 Å². The molecule has 0 aliphatic rings. The standard InChI is InChI=1S/C14H14N2O3/c1-3-18-14(17)11-4-6-12(7-5-11)19-13-9-15-8-10(2)16-13/h4-9H,3H2,1-2H3. The molecule has 0 saturated heterocycles. The normalized spacial score (nSPS) is 10.0. The SMILES string of the molecule is CCOC(=O)c1ccc(Oc2cncc(C)n2)cc1. The van der Waals surface area contributed by atoms with Gasteiger partial charge in [0.2, 0.25) is 5.88 Å². The lowest BCUT2D eigenvalue weighted by Gasteiger charge is -2.06. The summed E-state index contributed by atoms with van der Waals surface area (Å²) in [6, 6.07) is 6.68. The van der Waals surface area contributed by atoms with E-state index in [0.717, 1.165) is 5.69 Å². The van der Waals surface area contributed by atoms with Crippen LogP contribution in [0.4, 0.5) is 0 Å². The number of benzene rings is 1. The highest BCUT2D eigenvalue weighted by Gasteiger charge is 2.06. The van der Waals surface area contributed by atoms with E-state index in [4.69, 9.17) is 9.47 Å². The van der Waals surface area contributed by atoms with Crippen LogP contribution in [0.5, 0.6) is 11.6 Å². The zero-order valence-corrected chi connectivity index (χ0v) is 10.8. The Bertz CT molecular complexity index is 567. The molecule has 98 valence electrons.